The molecule has 0 saturated heterocycles. The van der Waals surface area contributed by atoms with E-state index >= 15 is 0 Å². The normalized spacial score (nSPS) is 17.0. The average Bonchev–Trinajstić information content (AvgIpc) is 2.97. The summed E-state index contributed by atoms with van der Waals surface area (Å²) in [6.07, 6.45) is 2.41. The molecular weight excluding hydrogens is 324 g/mol. The zero-order valence-electron chi connectivity index (χ0n) is 12.8. The molecule has 4 rings (SSSR count). The molecule has 3 aromatic rings. The van der Waals surface area contributed by atoms with E-state index in [0.29, 0.717) is 29.5 Å². The van der Waals surface area contributed by atoms with Gasteiger partial charge in [0.15, 0.2) is 5.82 Å². The number of rotatable bonds is 2. The van der Waals surface area contributed by atoms with E-state index in [0.717, 1.165) is 17.0 Å². The van der Waals surface area contributed by atoms with Gasteiger partial charge in [0.2, 0.25) is 0 Å². The summed E-state index contributed by atoms with van der Waals surface area (Å²) in [5.74, 6) is 0.636. The summed E-state index contributed by atoms with van der Waals surface area (Å²) >= 11 is 5.97. The number of aromatic nitrogens is 3. The number of aromatic amines is 1. The molecule has 1 aliphatic heterocycles. The minimum absolute atomic E-state index is 0.153. The summed E-state index contributed by atoms with van der Waals surface area (Å²) in [5.41, 5.74) is 3.15. The topological polar surface area (TPSA) is 70.7 Å². The van der Waals surface area contributed by atoms with Crippen LogP contribution in [0.5, 0.6) is 0 Å². The summed E-state index contributed by atoms with van der Waals surface area (Å²) in [6.45, 7) is 0.573. The number of pyridine rings is 1. The third-order valence-electron chi connectivity index (χ3n) is 4.20. The number of nitrogens with one attached hydrogen (secondary N) is 2. The molecule has 0 radical (unpaired) electrons. The first-order chi connectivity index (χ1) is 11.7. The first-order valence-electron chi connectivity index (χ1n) is 7.74. The van der Waals surface area contributed by atoms with Crippen LogP contribution >= 0.6 is 11.6 Å². The van der Waals surface area contributed by atoms with Gasteiger partial charge in [-0.1, -0.05) is 29.8 Å². The van der Waals surface area contributed by atoms with Crippen molar-refractivity contribution in [2.45, 2.75) is 12.3 Å². The first-order valence-corrected chi connectivity index (χ1v) is 8.12. The van der Waals surface area contributed by atoms with Gasteiger partial charge in [-0.3, -0.25) is 9.78 Å². The molecule has 1 amide bonds. The van der Waals surface area contributed by atoms with Gasteiger partial charge < -0.3 is 10.3 Å². The molecule has 24 heavy (non-hydrogen) atoms. The summed E-state index contributed by atoms with van der Waals surface area (Å²) in [7, 11) is 0. The Morgan fingerprint density at radius 1 is 1.12 bits per heavy atom. The third kappa shape index (κ3) is 2.78. The molecule has 2 N–H and O–H groups in total. The fourth-order valence-electron chi connectivity index (χ4n) is 2.96. The molecule has 120 valence electrons. The van der Waals surface area contributed by atoms with Crippen LogP contribution in [0.3, 0.4) is 0 Å². The van der Waals surface area contributed by atoms with Crippen LogP contribution in [0.1, 0.15) is 27.7 Å². The number of benzene rings is 1. The van der Waals surface area contributed by atoms with Crippen LogP contribution < -0.4 is 5.32 Å². The Morgan fingerprint density at radius 2 is 1.96 bits per heavy atom. The van der Waals surface area contributed by atoms with Gasteiger partial charge in [0, 0.05) is 29.4 Å². The van der Waals surface area contributed by atoms with Gasteiger partial charge in [-0.15, -0.1) is 0 Å². The zero-order valence-corrected chi connectivity index (χ0v) is 13.5. The van der Waals surface area contributed by atoms with Crippen molar-refractivity contribution in [3.63, 3.8) is 0 Å². The molecule has 1 aromatic carbocycles. The Balaban J connectivity index is 1.69. The van der Waals surface area contributed by atoms with E-state index in [1.807, 2.05) is 42.5 Å². The highest BCUT2D eigenvalue weighted by Crippen LogP contribution is 2.27. The van der Waals surface area contributed by atoms with Crippen molar-refractivity contribution >= 4 is 17.5 Å². The molecule has 3 heterocycles. The van der Waals surface area contributed by atoms with Crippen LogP contribution in [0.4, 0.5) is 0 Å². The first kappa shape index (κ1) is 14.9. The van der Waals surface area contributed by atoms with E-state index in [-0.39, 0.29) is 11.8 Å². The van der Waals surface area contributed by atoms with Crippen molar-refractivity contribution in [2.75, 3.05) is 6.54 Å². The van der Waals surface area contributed by atoms with E-state index in [9.17, 15) is 4.79 Å². The number of carbonyl (C=O) groups is 1. The summed E-state index contributed by atoms with van der Waals surface area (Å²) in [4.78, 5) is 24.4. The highest BCUT2D eigenvalue weighted by atomic mass is 35.5. The van der Waals surface area contributed by atoms with Crippen molar-refractivity contribution in [1.82, 2.24) is 20.3 Å². The molecule has 1 unspecified atom stereocenters. The minimum Gasteiger partial charge on any atom is -0.350 e. The van der Waals surface area contributed by atoms with Gasteiger partial charge in [-0.05, 0) is 36.2 Å². The molecule has 0 spiro atoms. The second-order valence-electron chi connectivity index (χ2n) is 5.79. The van der Waals surface area contributed by atoms with Crippen molar-refractivity contribution in [3.05, 3.63) is 70.6 Å². The number of hydrogen-bond donors (Lipinski definition) is 2. The lowest BCUT2D eigenvalue weighted by Crippen LogP contribution is -2.26. The lowest BCUT2D eigenvalue weighted by Gasteiger charge is -2.14. The number of imidazole rings is 1. The quantitative estimate of drug-likeness (QED) is 0.753. The SMILES string of the molecule is O=C1NCC(c2ccc(Cl)cc2)Cc2[nH]c(-c3ccccn3)nc21. The number of fused-ring (bicyclic) bond motifs is 1. The molecule has 6 heteroatoms. The van der Waals surface area contributed by atoms with Gasteiger partial charge in [0.05, 0.1) is 0 Å². The highest BCUT2D eigenvalue weighted by Gasteiger charge is 2.26. The fourth-order valence-corrected chi connectivity index (χ4v) is 3.08. The van der Waals surface area contributed by atoms with Crippen LogP contribution in [-0.2, 0) is 6.42 Å². The van der Waals surface area contributed by atoms with E-state index in [2.05, 4.69) is 20.3 Å². The summed E-state index contributed by atoms with van der Waals surface area (Å²) in [5, 5.41) is 3.66. The van der Waals surface area contributed by atoms with Crippen LogP contribution in [0.2, 0.25) is 5.02 Å². The highest BCUT2D eigenvalue weighted by molar-refractivity contribution is 6.30. The Hall–Kier alpha value is -2.66. The number of amides is 1. The number of halogens is 1. The van der Waals surface area contributed by atoms with Crippen molar-refractivity contribution < 1.29 is 4.79 Å². The molecule has 5 nitrogen and oxygen atoms in total. The Bertz CT molecular complexity index is 874. The number of hydrogen-bond acceptors (Lipinski definition) is 3. The van der Waals surface area contributed by atoms with Gasteiger partial charge >= 0.3 is 0 Å². The minimum atomic E-state index is -0.153. The number of carbonyl (C=O) groups excluding carboxylic acids is 1. The van der Waals surface area contributed by atoms with Gasteiger partial charge in [0.25, 0.3) is 5.91 Å². The van der Waals surface area contributed by atoms with Gasteiger partial charge in [-0.2, -0.15) is 0 Å². The second kappa shape index (κ2) is 6.09. The summed E-state index contributed by atoms with van der Waals surface area (Å²) in [6, 6.07) is 13.4. The van der Waals surface area contributed by atoms with Crippen LogP contribution in [0.15, 0.2) is 48.7 Å². The van der Waals surface area contributed by atoms with Crippen molar-refractivity contribution in [3.8, 4) is 11.5 Å². The second-order valence-corrected chi connectivity index (χ2v) is 6.23. The largest absolute Gasteiger partial charge is 0.350 e. The van der Waals surface area contributed by atoms with E-state index in [1.54, 1.807) is 6.20 Å². The standard InChI is InChI=1S/C18H15ClN4O/c19-13-6-4-11(5-7-13)12-9-15-16(18(24)21-10-12)23-17(22-15)14-3-1-2-8-20-14/h1-8,12H,9-10H2,(H,21,24)(H,22,23). The molecule has 1 atom stereocenters. The molecule has 2 aromatic heterocycles. The maximum absolute atomic E-state index is 12.3. The fraction of sp³-hybridized carbons (Fsp3) is 0.167. The Labute approximate surface area is 144 Å². The Morgan fingerprint density at radius 3 is 2.71 bits per heavy atom. The van der Waals surface area contributed by atoms with E-state index in [4.69, 9.17) is 11.6 Å². The Kier molecular flexibility index (Phi) is 3.78. The monoisotopic (exact) mass is 338 g/mol. The van der Waals surface area contributed by atoms with Gasteiger partial charge in [-0.25, -0.2) is 4.98 Å². The molecule has 0 aliphatic carbocycles. The predicted octanol–water partition coefficient (Wildman–Crippen LogP) is 3.19. The van der Waals surface area contributed by atoms with Crippen LogP contribution in [0, 0.1) is 0 Å². The maximum atomic E-state index is 12.3. The molecule has 0 bridgehead atoms. The van der Waals surface area contributed by atoms with E-state index in [1.165, 1.54) is 0 Å². The maximum Gasteiger partial charge on any atom is 0.271 e. The molecule has 0 fully saturated rings. The molecular formula is C18H15ClN4O. The van der Waals surface area contributed by atoms with E-state index < -0.39 is 0 Å². The lowest BCUT2D eigenvalue weighted by atomic mass is 9.94. The lowest BCUT2D eigenvalue weighted by molar-refractivity contribution is 0.0950. The number of H-pyrrole nitrogens is 1. The zero-order chi connectivity index (χ0) is 16.5. The number of nitrogens with zero attached hydrogens (tertiary/aromatic N) is 2. The smallest absolute Gasteiger partial charge is 0.271 e. The van der Waals surface area contributed by atoms with Crippen LogP contribution in [-0.4, -0.2) is 27.4 Å². The van der Waals surface area contributed by atoms with Crippen LogP contribution in [0.25, 0.3) is 11.5 Å². The molecule has 1 aliphatic rings. The van der Waals surface area contributed by atoms with Crippen molar-refractivity contribution in [1.29, 1.82) is 0 Å². The van der Waals surface area contributed by atoms with Gasteiger partial charge in [0.1, 0.15) is 11.4 Å². The average molecular weight is 339 g/mol. The third-order valence-corrected chi connectivity index (χ3v) is 4.45. The molecule has 0 saturated carbocycles. The summed E-state index contributed by atoms with van der Waals surface area (Å²) < 4.78 is 0. The predicted molar refractivity (Wildman–Crippen MR) is 92.0 cm³/mol. The van der Waals surface area contributed by atoms with Crippen molar-refractivity contribution in [2.24, 2.45) is 0 Å².